The molecule has 1 N–H and O–H groups in total. The molecule has 0 unspecified atom stereocenters. The SMILES string of the molecule is CCCc1c(CNCC2CCC(C)CC2)cnn1-c1ccc(Cl)cc1. The van der Waals surface area contributed by atoms with Crippen LogP contribution in [0.3, 0.4) is 0 Å². The molecule has 1 heterocycles. The molecule has 0 atom stereocenters. The fourth-order valence-electron chi connectivity index (χ4n) is 3.81. The summed E-state index contributed by atoms with van der Waals surface area (Å²) >= 11 is 6.02. The first-order valence-corrected chi connectivity index (χ1v) is 10.1. The number of rotatable bonds is 7. The second-order valence-corrected chi connectivity index (χ2v) is 7.95. The van der Waals surface area contributed by atoms with E-state index in [9.17, 15) is 0 Å². The van der Waals surface area contributed by atoms with E-state index in [2.05, 4.69) is 28.9 Å². The molecule has 25 heavy (non-hydrogen) atoms. The third-order valence-electron chi connectivity index (χ3n) is 5.40. The summed E-state index contributed by atoms with van der Waals surface area (Å²) in [4.78, 5) is 0. The number of hydrogen-bond donors (Lipinski definition) is 1. The minimum absolute atomic E-state index is 0.761. The molecule has 2 aromatic rings. The number of hydrogen-bond acceptors (Lipinski definition) is 2. The Hall–Kier alpha value is -1.32. The van der Waals surface area contributed by atoms with Gasteiger partial charge < -0.3 is 5.32 Å². The van der Waals surface area contributed by atoms with Crippen LogP contribution < -0.4 is 5.32 Å². The second kappa shape index (κ2) is 8.86. The molecule has 3 rings (SSSR count). The average Bonchev–Trinajstić information content (AvgIpc) is 3.01. The maximum absolute atomic E-state index is 6.02. The molecule has 1 aromatic heterocycles. The highest BCUT2D eigenvalue weighted by Crippen LogP contribution is 2.27. The first-order chi connectivity index (χ1) is 12.2. The van der Waals surface area contributed by atoms with Gasteiger partial charge in [-0.2, -0.15) is 5.10 Å². The average molecular weight is 360 g/mol. The van der Waals surface area contributed by atoms with Gasteiger partial charge in [0, 0.05) is 22.8 Å². The van der Waals surface area contributed by atoms with Crippen LogP contribution in [0, 0.1) is 11.8 Å². The van der Waals surface area contributed by atoms with Crippen molar-refractivity contribution in [3.63, 3.8) is 0 Å². The summed E-state index contributed by atoms with van der Waals surface area (Å²) < 4.78 is 2.07. The van der Waals surface area contributed by atoms with Gasteiger partial charge in [0.1, 0.15) is 0 Å². The maximum atomic E-state index is 6.02. The summed E-state index contributed by atoms with van der Waals surface area (Å²) in [7, 11) is 0. The second-order valence-electron chi connectivity index (χ2n) is 7.51. The van der Waals surface area contributed by atoms with Crippen molar-refractivity contribution in [2.75, 3.05) is 6.54 Å². The monoisotopic (exact) mass is 359 g/mol. The Morgan fingerprint density at radius 1 is 1.16 bits per heavy atom. The van der Waals surface area contributed by atoms with Gasteiger partial charge in [0.25, 0.3) is 0 Å². The predicted molar refractivity (Wildman–Crippen MR) is 105 cm³/mol. The fourth-order valence-corrected chi connectivity index (χ4v) is 3.93. The Morgan fingerprint density at radius 2 is 1.88 bits per heavy atom. The summed E-state index contributed by atoms with van der Waals surface area (Å²) in [6.45, 7) is 6.64. The smallest absolute Gasteiger partial charge is 0.0649 e. The molecule has 1 aromatic carbocycles. The zero-order chi connectivity index (χ0) is 17.6. The first-order valence-electron chi connectivity index (χ1n) is 9.69. The normalized spacial score (nSPS) is 20.8. The summed E-state index contributed by atoms with van der Waals surface area (Å²) in [5.74, 6) is 1.77. The van der Waals surface area contributed by atoms with E-state index in [1.807, 2.05) is 30.5 Å². The van der Waals surface area contributed by atoms with Crippen LogP contribution in [0.4, 0.5) is 0 Å². The van der Waals surface area contributed by atoms with Crippen molar-refractivity contribution in [1.29, 1.82) is 0 Å². The summed E-state index contributed by atoms with van der Waals surface area (Å²) in [5, 5.41) is 9.09. The lowest BCUT2D eigenvalue weighted by Gasteiger charge is -2.26. The summed E-state index contributed by atoms with van der Waals surface area (Å²) in [6, 6.07) is 7.93. The van der Waals surface area contributed by atoms with Gasteiger partial charge in [0.15, 0.2) is 0 Å². The molecule has 1 fully saturated rings. The van der Waals surface area contributed by atoms with Crippen molar-refractivity contribution in [2.45, 2.75) is 58.9 Å². The van der Waals surface area contributed by atoms with Gasteiger partial charge >= 0.3 is 0 Å². The van der Waals surface area contributed by atoms with E-state index in [0.717, 1.165) is 48.5 Å². The molecule has 1 saturated carbocycles. The van der Waals surface area contributed by atoms with E-state index in [0.29, 0.717) is 0 Å². The van der Waals surface area contributed by atoms with E-state index in [1.54, 1.807) is 0 Å². The van der Waals surface area contributed by atoms with Crippen molar-refractivity contribution in [1.82, 2.24) is 15.1 Å². The molecule has 0 bridgehead atoms. The standard InChI is InChI=1S/C21H30ClN3/c1-3-4-21-18(14-23-13-17-7-5-16(2)6-8-17)15-24-25(21)20-11-9-19(22)10-12-20/h9-12,15-17,23H,3-8,13-14H2,1-2H3. The topological polar surface area (TPSA) is 29.9 Å². The number of benzene rings is 1. The van der Waals surface area contributed by atoms with Crippen LogP contribution >= 0.6 is 11.6 Å². The van der Waals surface area contributed by atoms with Crippen LogP contribution in [0.15, 0.2) is 30.5 Å². The molecule has 1 aliphatic carbocycles. The lowest BCUT2D eigenvalue weighted by atomic mass is 9.83. The van der Waals surface area contributed by atoms with Crippen LogP contribution in [0.1, 0.15) is 57.2 Å². The molecule has 0 amide bonds. The predicted octanol–water partition coefficient (Wildman–Crippen LogP) is 5.39. The van der Waals surface area contributed by atoms with E-state index in [4.69, 9.17) is 11.6 Å². The minimum atomic E-state index is 0.761. The number of halogens is 1. The molecule has 136 valence electrons. The molecular weight excluding hydrogens is 330 g/mol. The van der Waals surface area contributed by atoms with Gasteiger partial charge in [0.2, 0.25) is 0 Å². The van der Waals surface area contributed by atoms with Crippen molar-refractivity contribution in [3.05, 3.63) is 46.7 Å². The third-order valence-corrected chi connectivity index (χ3v) is 5.65. The van der Waals surface area contributed by atoms with E-state index >= 15 is 0 Å². The highest BCUT2D eigenvalue weighted by atomic mass is 35.5. The molecule has 3 nitrogen and oxygen atoms in total. The van der Waals surface area contributed by atoms with E-state index in [1.165, 1.54) is 36.9 Å². The van der Waals surface area contributed by atoms with Crippen LogP contribution in [-0.4, -0.2) is 16.3 Å². The minimum Gasteiger partial charge on any atom is -0.312 e. The molecule has 4 heteroatoms. The van der Waals surface area contributed by atoms with Gasteiger partial charge in [-0.25, -0.2) is 4.68 Å². The highest BCUT2D eigenvalue weighted by Gasteiger charge is 2.18. The number of aromatic nitrogens is 2. The van der Waals surface area contributed by atoms with Gasteiger partial charge in [-0.3, -0.25) is 0 Å². The Labute approximate surface area is 156 Å². The van der Waals surface area contributed by atoms with Crippen molar-refractivity contribution in [3.8, 4) is 5.69 Å². The maximum Gasteiger partial charge on any atom is 0.0649 e. The molecular formula is C21H30ClN3. The van der Waals surface area contributed by atoms with Crippen molar-refractivity contribution >= 4 is 11.6 Å². The molecule has 0 radical (unpaired) electrons. The molecule has 0 aliphatic heterocycles. The van der Waals surface area contributed by atoms with Gasteiger partial charge in [0.05, 0.1) is 11.9 Å². The Morgan fingerprint density at radius 3 is 2.56 bits per heavy atom. The molecule has 0 spiro atoms. The molecule has 0 saturated heterocycles. The summed E-state index contributed by atoms with van der Waals surface area (Å²) in [5.41, 5.74) is 3.72. The van der Waals surface area contributed by atoms with Gasteiger partial charge in [-0.15, -0.1) is 0 Å². The van der Waals surface area contributed by atoms with Crippen LogP contribution in [0.25, 0.3) is 5.69 Å². The lowest BCUT2D eigenvalue weighted by molar-refractivity contribution is 0.281. The Kier molecular flexibility index (Phi) is 6.55. The highest BCUT2D eigenvalue weighted by molar-refractivity contribution is 6.30. The van der Waals surface area contributed by atoms with Crippen LogP contribution in [0.2, 0.25) is 5.02 Å². The van der Waals surface area contributed by atoms with Crippen LogP contribution in [0.5, 0.6) is 0 Å². The number of nitrogens with zero attached hydrogens (tertiary/aromatic N) is 2. The number of nitrogens with one attached hydrogen (secondary N) is 1. The molecule has 1 aliphatic rings. The quantitative estimate of drug-likeness (QED) is 0.717. The summed E-state index contributed by atoms with van der Waals surface area (Å²) in [6.07, 6.45) is 9.72. The largest absolute Gasteiger partial charge is 0.312 e. The zero-order valence-corrected chi connectivity index (χ0v) is 16.2. The Bertz CT molecular complexity index is 654. The van der Waals surface area contributed by atoms with E-state index < -0.39 is 0 Å². The van der Waals surface area contributed by atoms with Crippen molar-refractivity contribution < 1.29 is 0 Å². The van der Waals surface area contributed by atoms with Crippen LogP contribution in [-0.2, 0) is 13.0 Å². The van der Waals surface area contributed by atoms with Gasteiger partial charge in [-0.05, 0) is 61.9 Å². The fraction of sp³-hybridized carbons (Fsp3) is 0.571. The van der Waals surface area contributed by atoms with Gasteiger partial charge in [-0.1, -0.05) is 44.7 Å². The first kappa shape index (κ1) is 18.5. The van der Waals surface area contributed by atoms with Crippen molar-refractivity contribution in [2.24, 2.45) is 11.8 Å². The lowest BCUT2D eigenvalue weighted by Crippen LogP contribution is -2.26. The van der Waals surface area contributed by atoms with E-state index in [-0.39, 0.29) is 0 Å². The Balaban J connectivity index is 1.64. The third kappa shape index (κ3) is 4.86. The zero-order valence-electron chi connectivity index (χ0n) is 15.5.